The van der Waals surface area contributed by atoms with Crippen molar-refractivity contribution in [3.05, 3.63) is 131 Å². The van der Waals surface area contributed by atoms with Crippen molar-refractivity contribution in [1.82, 2.24) is 0 Å². The van der Waals surface area contributed by atoms with Gasteiger partial charge in [0, 0.05) is 11.3 Å². The van der Waals surface area contributed by atoms with E-state index in [0.717, 1.165) is 6.42 Å². The van der Waals surface area contributed by atoms with Crippen LogP contribution >= 0.6 is 27.9 Å². The molecule has 0 radical (unpaired) electrons. The zero-order chi connectivity index (χ0) is 24.0. The monoisotopic (exact) mass is 540 g/mol. The molecular formula is C30H27Cl3Ti. The maximum atomic E-state index is 4.97. The fraction of sp³-hybridized carbons (Fsp3) is 0.200. The number of hydrogen-bond acceptors (Lipinski definition) is 0. The fourth-order valence-electron chi connectivity index (χ4n) is 5.44. The number of unbranched alkanes of at least 4 members (excludes halogenated alkanes) is 1. The molecule has 4 aromatic rings. The molecule has 0 aromatic heterocycles. The Labute approximate surface area is 221 Å². The molecule has 0 heterocycles. The molecule has 0 saturated carbocycles. The van der Waals surface area contributed by atoms with E-state index >= 15 is 0 Å². The molecule has 0 amide bonds. The molecule has 0 N–H and O–H groups in total. The summed E-state index contributed by atoms with van der Waals surface area (Å²) in [5, 5.41) is 0. The Balaban J connectivity index is 0.000000636. The first-order valence-corrected chi connectivity index (χ1v) is 18.1. The van der Waals surface area contributed by atoms with Gasteiger partial charge in [-0.25, -0.2) is 0 Å². The van der Waals surface area contributed by atoms with Crippen molar-refractivity contribution in [1.29, 1.82) is 0 Å². The molecule has 4 aromatic carbocycles. The summed E-state index contributed by atoms with van der Waals surface area (Å²) in [4.78, 5) is 0. The van der Waals surface area contributed by atoms with Crippen LogP contribution < -0.4 is 0 Å². The van der Waals surface area contributed by atoms with Gasteiger partial charge in [0.2, 0.25) is 0 Å². The van der Waals surface area contributed by atoms with Gasteiger partial charge in [-0.05, 0) is 23.1 Å². The van der Waals surface area contributed by atoms with Gasteiger partial charge in [0.25, 0.3) is 0 Å². The zero-order valence-electron chi connectivity index (χ0n) is 19.1. The fourth-order valence-corrected chi connectivity index (χ4v) is 5.44. The molecule has 0 aliphatic heterocycles. The van der Waals surface area contributed by atoms with Crippen LogP contribution in [-0.2, 0) is 20.1 Å². The number of halogens is 3. The molecule has 34 heavy (non-hydrogen) atoms. The molecular weight excluding hydrogens is 515 g/mol. The Hall–Kier alpha value is -1.54. The average molecular weight is 542 g/mol. The van der Waals surface area contributed by atoms with Gasteiger partial charge in [-0.1, -0.05) is 110 Å². The molecule has 0 fully saturated rings. The van der Waals surface area contributed by atoms with Crippen LogP contribution in [0.25, 0.3) is 11.1 Å². The minimum atomic E-state index is -1.92. The quantitative estimate of drug-likeness (QED) is 0.168. The van der Waals surface area contributed by atoms with Gasteiger partial charge >= 0.3 is 42.6 Å². The Kier molecular flexibility index (Phi) is 8.97. The maximum absolute atomic E-state index is 4.97. The number of fused-ring (bicyclic) bond motifs is 3. The van der Waals surface area contributed by atoms with Crippen LogP contribution in [0.5, 0.6) is 0 Å². The van der Waals surface area contributed by atoms with E-state index in [1.54, 1.807) is 0 Å². The second-order valence-electron chi connectivity index (χ2n) is 8.54. The van der Waals surface area contributed by atoms with Crippen LogP contribution in [0.4, 0.5) is 0 Å². The van der Waals surface area contributed by atoms with Crippen molar-refractivity contribution in [2.24, 2.45) is 0 Å². The summed E-state index contributed by atoms with van der Waals surface area (Å²) in [6.45, 7) is 2.30. The first-order chi connectivity index (χ1) is 16.6. The molecule has 0 saturated heterocycles. The van der Waals surface area contributed by atoms with Gasteiger partial charge in [0.1, 0.15) is 0 Å². The molecule has 1 unspecified atom stereocenters. The molecule has 172 valence electrons. The van der Waals surface area contributed by atoms with E-state index in [4.69, 9.17) is 27.9 Å². The molecule has 0 spiro atoms. The average Bonchev–Trinajstić information content (AvgIpc) is 3.21. The molecule has 5 rings (SSSR count). The first kappa shape index (κ1) is 25.6. The summed E-state index contributed by atoms with van der Waals surface area (Å²) < 4.78 is 0. The van der Waals surface area contributed by atoms with Gasteiger partial charge in [-0.2, -0.15) is 24.3 Å². The summed E-state index contributed by atoms with van der Waals surface area (Å²) in [5.74, 6) is 0.251. The van der Waals surface area contributed by atoms with Crippen molar-refractivity contribution in [2.75, 3.05) is 0 Å². The van der Waals surface area contributed by atoms with Gasteiger partial charge in [-0.15, -0.1) is 11.1 Å². The first-order valence-electron chi connectivity index (χ1n) is 11.6. The van der Waals surface area contributed by atoms with Crippen molar-refractivity contribution in [3.8, 4) is 11.1 Å². The van der Waals surface area contributed by atoms with E-state index in [9.17, 15) is 0 Å². The third kappa shape index (κ3) is 5.18. The SMILES string of the molecule is CCCCC(c1ccccc1)(c1ccccc1)C1c2[c-]cccc2-c2ccccc21.[Cl][Ti+]([Cl])[Cl]. The second kappa shape index (κ2) is 11.9. The molecule has 0 nitrogen and oxygen atoms in total. The van der Waals surface area contributed by atoms with E-state index in [1.165, 1.54) is 46.2 Å². The van der Waals surface area contributed by atoms with Crippen molar-refractivity contribution < 1.29 is 14.7 Å². The van der Waals surface area contributed by atoms with Crippen LogP contribution in [-0.4, -0.2) is 0 Å². The molecule has 0 bridgehead atoms. The number of benzene rings is 4. The molecule has 1 aliphatic rings. The van der Waals surface area contributed by atoms with Crippen molar-refractivity contribution >= 4 is 27.9 Å². The third-order valence-corrected chi connectivity index (χ3v) is 6.73. The Bertz CT molecular complexity index is 1100. The van der Waals surface area contributed by atoms with E-state index in [2.05, 4.69) is 116 Å². The van der Waals surface area contributed by atoms with Gasteiger partial charge in [-0.3, -0.25) is 0 Å². The van der Waals surface area contributed by atoms with Crippen LogP contribution in [0, 0.1) is 6.07 Å². The van der Waals surface area contributed by atoms with E-state index in [0.29, 0.717) is 0 Å². The zero-order valence-corrected chi connectivity index (χ0v) is 23.0. The van der Waals surface area contributed by atoms with Crippen LogP contribution in [0.15, 0.2) is 103 Å². The Morgan fingerprint density at radius 3 is 1.85 bits per heavy atom. The van der Waals surface area contributed by atoms with Crippen LogP contribution in [0.2, 0.25) is 0 Å². The van der Waals surface area contributed by atoms with E-state index in [1.807, 2.05) is 0 Å². The normalized spacial score (nSPS) is 13.9. The summed E-state index contributed by atoms with van der Waals surface area (Å²) in [6.07, 6.45) is 3.48. The van der Waals surface area contributed by atoms with Crippen molar-refractivity contribution in [2.45, 2.75) is 37.5 Å². The van der Waals surface area contributed by atoms with Gasteiger partial charge < -0.3 is 0 Å². The van der Waals surface area contributed by atoms with E-state index < -0.39 is 14.7 Å². The number of rotatable bonds is 6. The second-order valence-corrected chi connectivity index (χ2v) is 16.3. The predicted molar refractivity (Wildman–Crippen MR) is 143 cm³/mol. The molecule has 4 heteroatoms. The Morgan fingerprint density at radius 1 is 0.735 bits per heavy atom. The van der Waals surface area contributed by atoms with Crippen LogP contribution in [0.1, 0.15) is 54.4 Å². The Morgan fingerprint density at radius 2 is 1.26 bits per heavy atom. The minimum absolute atomic E-state index is 0.127. The summed E-state index contributed by atoms with van der Waals surface area (Å²) in [7, 11) is 14.9. The van der Waals surface area contributed by atoms with Crippen LogP contribution in [0.3, 0.4) is 0 Å². The predicted octanol–water partition coefficient (Wildman–Crippen LogP) is 9.84. The van der Waals surface area contributed by atoms with Gasteiger partial charge in [0.15, 0.2) is 0 Å². The summed E-state index contributed by atoms with van der Waals surface area (Å²) in [5.41, 5.74) is 8.14. The molecule has 1 atom stereocenters. The topological polar surface area (TPSA) is 0 Å². The van der Waals surface area contributed by atoms with Crippen molar-refractivity contribution in [3.63, 3.8) is 0 Å². The standard InChI is InChI=1S/C30H27.3ClH.Ti/c1-2-3-22-30(23-14-6-4-7-15-23,24-16-8-5-9-17-24)29-27-20-12-10-18-25(27)26-19-11-13-21-28(26)29;;;;/h4-20,29H,2-3,22H2,1H3;3*1H;/q-1;;;;+4/p-3. The molecule has 1 aliphatic carbocycles. The number of hydrogen-bond donors (Lipinski definition) is 0. The summed E-state index contributed by atoms with van der Waals surface area (Å²) in [6, 6.07) is 41.4. The van der Waals surface area contributed by atoms with Gasteiger partial charge in [0.05, 0.1) is 0 Å². The van der Waals surface area contributed by atoms with E-state index in [-0.39, 0.29) is 11.3 Å². The third-order valence-electron chi connectivity index (χ3n) is 6.73. The summed E-state index contributed by atoms with van der Waals surface area (Å²) >= 11 is -1.92.